The van der Waals surface area contributed by atoms with Gasteiger partial charge in [-0.25, -0.2) is 9.37 Å². The standard InChI is InChI=1S/C16H18FN3O/c1-4-12-8-11(9-15(18-3)19-12)16(21)20-14-6-5-10(2)7-13(14)17/h5-9H,4H2,1-3H3,(H,18,19)(H,20,21). The molecule has 0 spiro atoms. The normalized spacial score (nSPS) is 10.3. The lowest BCUT2D eigenvalue weighted by Gasteiger charge is -2.09. The number of hydrogen-bond donors (Lipinski definition) is 2. The molecular formula is C16H18FN3O. The molecule has 0 saturated carbocycles. The van der Waals surface area contributed by atoms with Gasteiger partial charge in [0.15, 0.2) is 0 Å². The van der Waals surface area contributed by atoms with E-state index in [-0.39, 0.29) is 11.6 Å². The predicted molar refractivity (Wildman–Crippen MR) is 82.3 cm³/mol. The summed E-state index contributed by atoms with van der Waals surface area (Å²) in [5, 5.41) is 5.50. The maximum Gasteiger partial charge on any atom is 0.255 e. The molecule has 5 heteroatoms. The Morgan fingerprint density at radius 2 is 2.05 bits per heavy atom. The van der Waals surface area contributed by atoms with E-state index in [1.165, 1.54) is 6.07 Å². The van der Waals surface area contributed by atoms with Gasteiger partial charge in [-0.2, -0.15) is 0 Å². The van der Waals surface area contributed by atoms with E-state index in [1.54, 1.807) is 38.2 Å². The number of aryl methyl sites for hydroxylation is 2. The van der Waals surface area contributed by atoms with Gasteiger partial charge in [-0.3, -0.25) is 4.79 Å². The fraction of sp³-hybridized carbons (Fsp3) is 0.250. The molecule has 2 rings (SSSR count). The second-order valence-corrected chi connectivity index (χ2v) is 4.77. The van der Waals surface area contributed by atoms with Crippen LogP contribution in [0.3, 0.4) is 0 Å². The van der Waals surface area contributed by atoms with Gasteiger partial charge in [0.05, 0.1) is 5.69 Å². The summed E-state index contributed by atoms with van der Waals surface area (Å²) in [7, 11) is 1.74. The highest BCUT2D eigenvalue weighted by atomic mass is 19.1. The van der Waals surface area contributed by atoms with Crippen LogP contribution < -0.4 is 10.6 Å². The molecule has 21 heavy (non-hydrogen) atoms. The maximum atomic E-state index is 13.8. The van der Waals surface area contributed by atoms with Crippen molar-refractivity contribution in [2.45, 2.75) is 20.3 Å². The van der Waals surface area contributed by atoms with Crippen LogP contribution in [0.25, 0.3) is 0 Å². The first-order valence-electron chi connectivity index (χ1n) is 6.79. The van der Waals surface area contributed by atoms with Crippen molar-refractivity contribution >= 4 is 17.4 Å². The quantitative estimate of drug-likeness (QED) is 0.906. The largest absolute Gasteiger partial charge is 0.373 e. The SMILES string of the molecule is CCc1cc(C(=O)Nc2ccc(C)cc2F)cc(NC)n1. The van der Waals surface area contributed by atoms with E-state index in [0.717, 1.165) is 11.3 Å². The number of anilines is 2. The molecule has 1 aromatic carbocycles. The van der Waals surface area contributed by atoms with Gasteiger partial charge in [-0.15, -0.1) is 0 Å². The molecule has 0 aliphatic heterocycles. The van der Waals surface area contributed by atoms with Crippen molar-refractivity contribution in [2.24, 2.45) is 0 Å². The van der Waals surface area contributed by atoms with Crippen molar-refractivity contribution in [1.82, 2.24) is 4.98 Å². The van der Waals surface area contributed by atoms with E-state index < -0.39 is 5.82 Å². The number of hydrogen-bond acceptors (Lipinski definition) is 3. The zero-order valence-corrected chi connectivity index (χ0v) is 12.3. The molecule has 1 heterocycles. The topological polar surface area (TPSA) is 54.0 Å². The van der Waals surface area contributed by atoms with Crippen LogP contribution in [-0.4, -0.2) is 17.9 Å². The molecule has 110 valence electrons. The van der Waals surface area contributed by atoms with Gasteiger partial charge in [-0.05, 0) is 43.2 Å². The minimum absolute atomic E-state index is 0.173. The zero-order chi connectivity index (χ0) is 15.4. The summed E-state index contributed by atoms with van der Waals surface area (Å²) < 4.78 is 13.8. The van der Waals surface area contributed by atoms with E-state index in [1.807, 2.05) is 6.92 Å². The van der Waals surface area contributed by atoms with Gasteiger partial charge in [0, 0.05) is 18.3 Å². The van der Waals surface area contributed by atoms with Crippen LogP contribution in [0.4, 0.5) is 15.9 Å². The highest BCUT2D eigenvalue weighted by Gasteiger charge is 2.11. The van der Waals surface area contributed by atoms with Crippen molar-refractivity contribution < 1.29 is 9.18 Å². The van der Waals surface area contributed by atoms with Gasteiger partial charge < -0.3 is 10.6 Å². The minimum Gasteiger partial charge on any atom is -0.373 e. The van der Waals surface area contributed by atoms with Gasteiger partial charge in [0.25, 0.3) is 5.91 Å². The molecule has 0 unspecified atom stereocenters. The van der Waals surface area contributed by atoms with Crippen LogP contribution in [0.15, 0.2) is 30.3 Å². The van der Waals surface area contributed by atoms with Gasteiger partial charge in [-0.1, -0.05) is 13.0 Å². The van der Waals surface area contributed by atoms with Crippen LogP contribution in [-0.2, 0) is 6.42 Å². The number of aromatic nitrogens is 1. The smallest absolute Gasteiger partial charge is 0.255 e. The molecule has 2 aromatic rings. The van der Waals surface area contributed by atoms with Crippen molar-refractivity contribution in [2.75, 3.05) is 17.7 Å². The molecule has 1 aromatic heterocycles. The first-order chi connectivity index (χ1) is 10.0. The fourth-order valence-corrected chi connectivity index (χ4v) is 1.94. The molecule has 0 aliphatic rings. The number of carbonyl (C=O) groups excluding carboxylic acids is 1. The Morgan fingerprint density at radius 3 is 2.67 bits per heavy atom. The summed E-state index contributed by atoms with van der Waals surface area (Å²) in [6.07, 6.45) is 0.717. The fourth-order valence-electron chi connectivity index (χ4n) is 1.94. The molecule has 0 atom stereocenters. The van der Waals surface area contributed by atoms with E-state index in [9.17, 15) is 9.18 Å². The van der Waals surface area contributed by atoms with Gasteiger partial charge in [0.2, 0.25) is 0 Å². The van der Waals surface area contributed by atoms with E-state index >= 15 is 0 Å². The molecular weight excluding hydrogens is 269 g/mol. The lowest BCUT2D eigenvalue weighted by molar-refractivity contribution is 0.102. The highest BCUT2D eigenvalue weighted by Crippen LogP contribution is 2.18. The average Bonchev–Trinajstić information content (AvgIpc) is 2.49. The number of nitrogens with one attached hydrogen (secondary N) is 2. The average molecular weight is 287 g/mol. The Hall–Kier alpha value is -2.43. The zero-order valence-electron chi connectivity index (χ0n) is 12.3. The Balaban J connectivity index is 2.27. The molecule has 1 amide bonds. The third-order valence-electron chi connectivity index (χ3n) is 3.13. The van der Waals surface area contributed by atoms with Crippen LogP contribution in [0, 0.1) is 12.7 Å². The number of carbonyl (C=O) groups is 1. The first-order valence-corrected chi connectivity index (χ1v) is 6.79. The van der Waals surface area contributed by atoms with Crippen LogP contribution in [0.2, 0.25) is 0 Å². The summed E-state index contributed by atoms with van der Waals surface area (Å²) >= 11 is 0. The summed E-state index contributed by atoms with van der Waals surface area (Å²) in [6, 6.07) is 8.05. The Bertz CT molecular complexity index is 648. The van der Waals surface area contributed by atoms with E-state index in [0.29, 0.717) is 17.8 Å². The molecule has 0 bridgehead atoms. The van der Waals surface area contributed by atoms with E-state index in [4.69, 9.17) is 0 Å². The number of halogens is 1. The molecule has 2 N–H and O–H groups in total. The molecule has 0 saturated heterocycles. The van der Waals surface area contributed by atoms with Crippen molar-refractivity contribution in [1.29, 1.82) is 0 Å². The number of amides is 1. The summed E-state index contributed by atoms with van der Waals surface area (Å²) in [6.45, 7) is 3.76. The summed E-state index contributed by atoms with van der Waals surface area (Å²) in [5.41, 5.74) is 2.23. The van der Waals surface area contributed by atoms with Crippen LogP contribution in [0.5, 0.6) is 0 Å². The molecule has 4 nitrogen and oxygen atoms in total. The maximum absolute atomic E-state index is 13.8. The van der Waals surface area contributed by atoms with Crippen molar-refractivity contribution in [3.05, 3.63) is 53.0 Å². The summed E-state index contributed by atoms with van der Waals surface area (Å²) in [5.74, 6) is -0.183. The van der Waals surface area contributed by atoms with Crippen LogP contribution in [0.1, 0.15) is 28.5 Å². The molecule has 0 aliphatic carbocycles. The lowest BCUT2D eigenvalue weighted by atomic mass is 10.1. The van der Waals surface area contributed by atoms with Gasteiger partial charge >= 0.3 is 0 Å². The predicted octanol–water partition coefficient (Wildman–Crippen LogP) is 3.39. The van der Waals surface area contributed by atoms with Crippen molar-refractivity contribution in [3.8, 4) is 0 Å². The molecule has 0 radical (unpaired) electrons. The lowest BCUT2D eigenvalue weighted by Crippen LogP contribution is -2.14. The number of rotatable bonds is 4. The highest BCUT2D eigenvalue weighted by molar-refractivity contribution is 6.04. The third-order valence-corrected chi connectivity index (χ3v) is 3.13. The first kappa shape index (κ1) is 15.0. The summed E-state index contributed by atoms with van der Waals surface area (Å²) in [4.78, 5) is 16.6. The minimum atomic E-state index is -0.443. The number of nitrogens with zero attached hydrogens (tertiary/aromatic N) is 1. The molecule has 0 fully saturated rings. The second kappa shape index (κ2) is 6.35. The number of pyridine rings is 1. The Morgan fingerprint density at radius 1 is 1.29 bits per heavy atom. The van der Waals surface area contributed by atoms with Crippen molar-refractivity contribution in [3.63, 3.8) is 0 Å². The van der Waals surface area contributed by atoms with Crippen LogP contribution >= 0.6 is 0 Å². The third kappa shape index (κ3) is 3.56. The van der Waals surface area contributed by atoms with E-state index in [2.05, 4.69) is 15.6 Å². The monoisotopic (exact) mass is 287 g/mol. The Kier molecular flexibility index (Phi) is 4.52. The second-order valence-electron chi connectivity index (χ2n) is 4.77. The Labute approximate surface area is 123 Å². The number of benzene rings is 1. The van der Waals surface area contributed by atoms with Gasteiger partial charge in [0.1, 0.15) is 11.6 Å².